The lowest BCUT2D eigenvalue weighted by molar-refractivity contribution is -0.141. The quantitative estimate of drug-likeness (QED) is 0.0560. The highest BCUT2D eigenvalue weighted by atomic mass is 79.9. The molecule has 63 heavy (non-hydrogen) atoms. The fourth-order valence-electron chi connectivity index (χ4n) is 6.32. The molecule has 2 aromatic heterocycles. The Morgan fingerprint density at radius 2 is 1.33 bits per heavy atom. The van der Waals surface area contributed by atoms with Crippen LogP contribution in [0.25, 0.3) is 27.2 Å². The van der Waals surface area contributed by atoms with Crippen LogP contribution in [0.15, 0.2) is 114 Å². The summed E-state index contributed by atoms with van der Waals surface area (Å²) in [4.78, 5) is 34.8. The minimum Gasteiger partial charge on any atom is -0.489 e. The van der Waals surface area contributed by atoms with E-state index in [1.807, 2.05) is 44.2 Å². The molecule has 10 nitrogen and oxygen atoms in total. The van der Waals surface area contributed by atoms with Gasteiger partial charge in [0.25, 0.3) is 0 Å². The van der Waals surface area contributed by atoms with Gasteiger partial charge in [0.05, 0.1) is 41.8 Å². The van der Waals surface area contributed by atoms with Gasteiger partial charge in [-0.25, -0.2) is 14.8 Å². The highest BCUT2D eigenvalue weighted by Crippen LogP contribution is 2.41. The second-order valence-electron chi connectivity index (χ2n) is 14.7. The number of rotatable bonds is 15. The summed E-state index contributed by atoms with van der Waals surface area (Å²) in [6.07, 6.45) is 3.25. The second kappa shape index (κ2) is 21.9. The Morgan fingerprint density at radius 3 is 1.87 bits per heavy atom. The van der Waals surface area contributed by atoms with Crippen LogP contribution in [-0.2, 0) is 32.3 Å². The van der Waals surface area contributed by atoms with E-state index in [4.69, 9.17) is 33.7 Å². The summed E-state index contributed by atoms with van der Waals surface area (Å²) < 4.78 is 33.9. The number of halogens is 1. The van der Waals surface area contributed by atoms with Crippen LogP contribution in [0.3, 0.4) is 0 Å². The monoisotopic (exact) mass is 948 g/mol. The van der Waals surface area contributed by atoms with E-state index in [1.165, 1.54) is 31.4 Å². The van der Waals surface area contributed by atoms with Crippen molar-refractivity contribution in [3.05, 3.63) is 158 Å². The zero-order chi connectivity index (χ0) is 45.0. The fraction of sp³-hybridized carbons (Fsp3) is 0.240. The van der Waals surface area contributed by atoms with E-state index in [1.54, 1.807) is 34.8 Å². The molecule has 1 atom stereocenters. The summed E-state index contributed by atoms with van der Waals surface area (Å²) in [6.45, 7) is 17.5. The highest BCUT2D eigenvalue weighted by molar-refractivity contribution is 9.11. The summed E-state index contributed by atoms with van der Waals surface area (Å²) in [5.74, 6) is 1.86. The SMILES string of the molecule is C=C(Br)COc1cc(OCc2sc(-c3ccc(C)cc3)nc2C)ccc1/C=C/C(=O)OC.C=C1COc2cc(OCc3sc(-c4ccc(C)cc4)nc3C)ccc2C1CC(=O)OC. The summed E-state index contributed by atoms with van der Waals surface area (Å²) in [7, 11) is 2.73. The van der Waals surface area contributed by atoms with E-state index in [-0.39, 0.29) is 24.9 Å². The van der Waals surface area contributed by atoms with Gasteiger partial charge in [-0.2, -0.15) is 0 Å². The lowest BCUT2D eigenvalue weighted by atomic mass is 9.87. The van der Waals surface area contributed by atoms with Crippen LogP contribution in [0.4, 0.5) is 0 Å². The maximum atomic E-state index is 11.8. The van der Waals surface area contributed by atoms with E-state index in [2.05, 4.69) is 96.2 Å². The number of hydrogen-bond donors (Lipinski definition) is 0. The molecule has 0 amide bonds. The number of carbonyl (C=O) groups is 2. The first-order chi connectivity index (χ1) is 30.3. The van der Waals surface area contributed by atoms with Gasteiger partial charge in [0.1, 0.15) is 59.4 Å². The molecule has 0 fully saturated rings. The van der Waals surface area contributed by atoms with E-state index in [0.717, 1.165) is 64.7 Å². The van der Waals surface area contributed by atoms with Crippen molar-refractivity contribution < 1.29 is 38.0 Å². The van der Waals surface area contributed by atoms with Crippen molar-refractivity contribution >= 4 is 56.6 Å². The van der Waals surface area contributed by atoms with E-state index in [9.17, 15) is 9.59 Å². The van der Waals surface area contributed by atoms with Gasteiger partial charge in [-0.05, 0) is 57.5 Å². The number of aryl methyl sites for hydroxylation is 4. The third kappa shape index (κ3) is 12.8. The molecule has 0 radical (unpaired) electrons. The van der Waals surface area contributed by atoms with Gasteiger partial charge in [0, 0.05) is 50.9 Å². The van der Waals surface area contributed by atoms with Gasteiger partial charge in [0.2, 0.25) is 0 Å². The zero-order valence-corrected chi connectivity index (χ0v) is 39.3. The van der Waals surface area contributed by atoms with E-state index >= 15 is 0 Å². The topological polar surface area (TPSA) is 115 Å². The Kier molecular flexibility index (Phi) is 16.1. The number of nitrogens with zero attached hydrogens (tertiary/aromatic N) is 2. The van der Waals surface area contributed by atoms with Crippen LogP contribution in [0, 0.1) is 27.7 Å². The minimum atomic E-state index is -0.439. The number of benzene rings is 4. The smallest absolute Gasteiger partial charge is 0.330 e. The van der Waals surface area contributed by atoms with Crippen LogP contribution < -0.4 is 18.9 Å². The Labute approximate surface area is 385 Å². The first-order valence-corrected chi connectivity index (χ1v) is 22.4. The zero-order valence-electron chi connectivity index (χ0n) is 36.1. The van der Waals surface area contributed by atoms with Crippen LogP contribution in [0.1, 0.15) is 55.7 Å². The lowest BCUT2D eigenvalue weighted by Gasteiger charge is -2.27. The van der Waals surface area contributed by atoms with Gasteiger partial charge in [-0.15, -0.1) is 22.7 Å². The van der Waals surface area contributed by atoms with Gasteiger partial charge < -0.3 is 28.4 Å². The van der Waals surface area contributed by atoms with Crippen LogP contribution in [0.5, 0.6) is 23.0 Å². The van der Waals surface area contributed by atoms with Crippen molar-refractivity contribution in [2.45, 2.75) is 53.2 Å². The number of aromatic nitrogens is 2. The Bertz CT molecular complexity index is 2610. The maximum Gasteiger partial charge on any atom is 0.330 e. The second-order valence-corrected chi connectivity index (χ2v) is 18.0. The van der Waals surface area contributed by atoms with Crippen molar-refractivity contribution in [3.63, 3.8) is 0 Å². The van der Waals surface area contributed by atoms with Crippen LogP contribution in [-0.4, -0.2) is 49.3 Å². The number of ether oxygens (including phenoxy) is 6. The van der Waals surface area contributed by atoms with Gasteiger partial charge in [-0.3, -0.25) is 4.79 Å². The van der Waals surface area contributed by atoms with Crippen molar-refractivity contribution in [2.75, 3.05) is 27.4 Å². The third-order valence-electron chi connectivity index (χ3n) is 9.96. The lowest BCUT2D eigenvalue weighted by Crippen LogP contribution is -2.20. The molecule has 0 saturated heterocycles. The number of methoxy groups -OCH3 is 2. The molecule has 3 heterocycles. The molecule has 326 valence electrons. The predicted octanol–water partition coefficient (Wildman–Crippen LogP) is 12.1. The molecule has 7 rings (SSSR count). The molecule has 1 aliphatic rings. The van der Waals surface area contributed by atoms with Crippen molar-refractivity contribution in [1.29, 1.82) is 0 Å². The van der Waals surface area contributed by atoms with Crippen molar-refractivity contribution in [2.24, 2.45) is 0 Å². The molecular formula is C50H49BrN2O8S2. The van der Waals surface area contributed by atoms with Crippen LogP contribution >= 0.6 is 38.6 Å². The summed E-state index contributed by atoms with van der Waals surface area (Å²) in [5.41, 5.74) is 9.13. The maximum absolute atomic E-state index is 11.8. The molecule has 4 aromatic carbocycles. The third-order valence-corrected chi connectivity index (χ3v) is 12.5. The molecule has 0 saturated carbocycles. The molecule has 0 spiro atoms. The largest absolute Gasteiger partial charge is 0.489 e. The molecule has 13 heteroatoms. The molecule has 0 aliphatic carbocycles. The number of thiazole rings is 2. The molecule has 1 aliphatic heterocycles. The molecule has 0 bridgehead atoms. The van der Waals surface area contributed by atoms with E-state index < -0.39 is 5.97 Å². The van der Waals surface area contributed by atoms with Crippen molar-refractivity contribution in [1.82, 2.24) is 9.97 Å². The average molecular weight is 950 g/mol. The van der Waals surface area contributed by atoms with Gasteiger partial charge >= 0.3 is 11.9 Å². The standard InChI is InChI=1S/C25H24BrNO4S.C25H25NO4S/c1-16-5-7-20(8-6-16)25-27-18(3)23(32-25)15-30-21-11-9-19(10-12-24(28)29-4)22(13-21)31-14-17(2)26;1-15-5-7-18(8-6-15)25-26-17(3)23(31-25)14-29-19-9-10-20-21(12-24(27)28-4)16(2)13-30-22(20)11-19/h5-13H,2,14-15H2,1,3-4H3;5-11,21H,2,12-14H2,1,3-4H3/b12-10+;. The van der Waals surface area contributed by atoms with Crippen LogP contribution in [0.2, 0.25) is 0 Å². The minimum absolute atomic E-state index is 0.106. The van der Waals surface area contributed by atoms with Gasteiger partial charge in [-0.1, -0.05) is 94.8 Å². The highest BCUT2D eigenvalue weighted by Gasteiger charge is 2.28. The normalized spacial score (nSPS) is 13.0. The number of hydrogen-bond acceptors (Lipinski definition) is 12. The number of carbonyl (C=O) groups excluding carboxylic acids is 2. The predicted molar refractivity (Wildman–Crippen MR) is 254 cm³/mol. The molecular weight excluding hydrogens is 901 g/mol. The van der Waals surface area contributed by atoms with E-state index in [0.29, 0.717) is 41.6 Å². The Hall–Kier alpha value is -6.02. The summed E-state index contributed by atoms with van der Waals surface area (Å²) in [5, 5.41) is 1.97. The molecule has 0 N–H and O–H groups in total. The molecule has 6 aromatic rings. The molecule has 1 unspecified atom stereocenters. The van der Waals surface area contributed by atoms with Gasteiger partial charge in [0.15, 0.2) is 0 Å². The number of fused-ring (bicyclic) bond motifs is 1. The number of esters is 2. The first kappa shape index (κ1) is 46.5. The summed E-state index contributed by atoms with van der Waals surface area (Å²) in [6, 6.07) is 27.9. The summed E-state index contributed by atoms with van der Waals surface area (Å²) >= 11 is 6.57. The fourth-order valence-corrected chi connectivity index (χ4v) is 8.40. The Morgan fingerprint density at radius 1 is 0.778 bits per heavy atom. The first-order valence-electron chi connectivity index (χ1n) is 20.0. The Balaban J connectivity index is 0.000000210. The van der Waals surface area contributed by atoms with Crippen molar-refractivity contribution in [3.8, 4) is 44.1 Å². The average Bonchev–Trinajstić information content (AvgIpc) is 3.85.